The minimum absolute atomic E-state index is 0.0388. The van der Waals surface area contributed by atoms with E-state index in [1.807, 2.05) is 44.2 Å². The number of amides is 1. The summed E-state index contributed by atoms with van der Waals surface area (Å²) in [5, 5.41) is 3.28. The molecular weight excluding hydrogens is 358 g/mol. The highest BCUT2D eigenvalue weighted by molar-refractivity contribution is 8.01. The van der Waals surface area contributed by atoms with Crippen molar-refractivity contribution in [3.8, 4) is 0 Å². The van der Waals surface area contributed by atoms with E-state index in [1.54, 1.807) is 12.1 Å². The Kier molecular flexibility index (Phi) is 5.35. The molecule has 0 aromatic heterocycles. The maximum absolute atomic E-state index is 12.3. The van der Waals surface area contributed by atoms with Crippen LogP contribution in [-0.2, 0) is 16.0 Å². The van der Waals surface area contributed by atoms with E-state index < -0.39 is 0 Å². The van der Waals surface area contributed by atoms with Crippen molar-refractivity contribution >= 4 is 40.9 Å². The lowest BCUT2D eigenvalue weighted by molar-refractivity contribution is -0.115. The maximum atomic E-state index is 12.3. The molecule has 1 aliphatic rings. The smallest absolute Gasteiger partial charge is 0.338 e. The summed E-state index contributed by atoms with van der Waals surface area (Å²) in [6, 6.07) is 12.6. The van der Waals surface area contributed by atoms with Crippen LogP contribution in [0.2, 0.25) is 5.02 Å². The predicted molar refractivity (Wildman–Crippen MR) is 100 cm³/mol. The quantitative estimate of drug-likeness (QED) is 0.796. The molecule has 1 aliphatic heterocycles. The van der Waals surface area contributed by atoms with Crippen LogP contribution in [0.15, 0.2) is 47.4 Å². The van der Waals surface area contributed by atoms with Gasteiger partial charge in [0.15, 0.2) is 0 Å². The van der Waals surface area contributed by atoms with E-state index in [2.05, 4.69) is 5.32 Å². The van der Waals surface area contributed by atoms with Gasteiger partial charge in [0, 0.05) is 0 Å². The first-order chi connectivity index (χ1) is 11.9. The van der Waals surface area contributed by atoms with E-state index in [0.717, 1.165) is 16.1 Å². The Morgan fingerprint density at radius 2 is 1.96 bits per heavy atom. The molecular formula is C19H18ClNO3S. The minimum atomic E-state index is -0.341. The van der Waals surface area contributed by atoms with Gasteiger partial charge in [-0.15, -0.1) is 11.8 Å². The second-order valence-electron chi connectivity index (χ2n) is 6.07. The summed E-state index contributed by atoms with van der Waals surface area (Å²) in [6.07, 6.45) is 0.403. The summed E-state index contributed by atoms with van der Waals surface area (Å²) in [7, 11) is 0. The van der Waals surface area contributed by atoms with Gasteiger partial charge in [0.2, 0.25) is 5.91 Å². The average molecular weight is 376 g/mol. The average Bonchev–Trinajstić information content (AvgIpc) is 2.56. The molecule has 2 aromatic carbocycles. The fourth-order valence-corrected chi connectivity index (χ4v) is 4.00. The summed E-state index contributed by atoms with van der Waals surface area (Å²) in [4.78, 5) is 25.1. The molecule has 1 heterocycles. The molecule has 0 fully saturated rings. The van der Waals surface area contributed by atoms with Crippen LogP contribution in [0.1, 0.15) is 29.8 Å². The lowest BCUT2D eigenvalue weighted by Crippen LogP contribution is -2.30. The largest absolute Gasteiger partial charge is 0.459 e. The third-order valence-corrected chi connectivity index (χ3v) is 5.50. The van der Waals surface area contributed by atoms with Crippen LogP contribution < -0.4 is 5.32 Å². The molecule has 0 saturated carbocycles. The zero-order valence-electron chi connectivity index (χ0n) is 13.9. The van der Waals surface area contributed by atoms with E-state index in [4.69, 9.17) is 16.3 Å². The Hall–Kier alpha value is -1.98. The number of halogens is 1. The van der Waals surface area contributed by atoms with Gasteiger partial charge in [0.05, 0.1) is 32.5 Å². The van der Waals surface area contributed by atoms with Gasteiger partial charge < -0.3 is 10.1 Å². The van der Waals surface area contributed by atoms with Gasteiger partial charge >= 0.3 is 5.97 Å². The van der Waals surface area contributed by atoms with Crippen molar-refractivity contribution < 1.29 is 14.3 Å². The number of hydrogen-bond acceptors (Lipinski definition) is 4. The van der Waals surface area contributed by atoms with Crippen LogP contribution in [-0.4, -0.2) is 23.2 Å². The summed E-state index contributed by atoms with van der Waals surface area (Å²) < 4.78 is 5.17. The minimum Gasteiger partial charge on any atom is -0.459 e. The molecule has 3 rings (SSSR count). The first-order valence-electron chi connectivity index (χ1n) is 8.00. The Labute approximate surface area is 155 Å². The normalized spacial score (nSPS) is 16.3. The van der Waals surface area contributed by atoms with Crippen LogP contribution in [0.3, 0.4) is 0 Å². The van der Waals surface area contributed by atoms with E-state index in [1.165, 1.54) is 11.8 Å². The lowest BCUT2D eigenvalue weighted by atomic mass is 10.1. The SMILES string of the molecule is CC(C)OC(=O)c1ccc(CC2Sc3c(Cl)cccc3NC2=O)cc1. The molecule has 2 aromatic rings. The Morgan fingerprint density at radius 1 is 1.24 bits per heavy atom. The highest BCUT2D eigenvalue weighted by Crippen LogP contribution is 2.41. The molecule has 0 spiro atoms. The standard InChI is InChI=1S/C19H18ClNO3S/c1-11(2)24-19(23)13-8-6-12(7-9-13)10-16-18(22)21-15-5-3-4-14(20)17(15)25-16/h3-9,11,16H,10H2,1-2H3,(H,21,22). The molecule has 0 saturated heterocycles. The summed E-state index contributed by atoms with van der Waals surface area (Å²) in [5.74, 6) is -0.380. The van der Waals surface area contributed by atoms with Gasteiger partial charge in [0.25, 0.3) is 0 Å². The van der Waals surface area contributed by atoms with Crippen molar-refractivity contribution in [3.63, 3.8) is 0 Å². The number of fused-ring (bicyclic) bond motifs is 1. The van der Waals surface area contributed by atoms with E-state index >= 15 is 0 Å². The number of benzene rings is 2. The number of esters is 1. The second-order valence-corrected chi connectivity index (χ2v) is 7.69. The van der Waals surface area contributed by atoms with Crippen LogP contribution in [0, 0.1) is 0 Å². The fourth-order valence-electron chi connectivity index (χ4n) is 2.54. The van der Waals surface area contributed by atoms with Crippen LogP contribution >= 0.6 is 23.4 Å². The molecule has 130 valence electrons. The monoisotopic (exact) mass is 375 g/mol. The maximum Gasteiger partial charge on any atom is 0.338 e. The molecule has 1 unspecified atom stereocenters. The lowest BCUT2D eigenvalue weighted by Gasteiger charge is -2.24. The summed E-state index contributed by atoms with van der Waals surface area (Å²) in [5.41, 5.74) is 2.24. The topological polar surface area (TPSA) is 55.4 Å². The summed E-state index contributed by atoms with van der Waals surface area (Å²) in [6.45, 7) is 3.63. The zero-order chi connectivity index (χ0) is 18.0. The molecule has 1 N–H and O–H groups in total. The molecule has 0 bridgehead atoms. The number of rotatable bonds is 4. The Bertz CT molecular complexity index is 805. The first kappa shape index (κ1) is 17.8. The molecule has 0 aliphatic carbocycles. The number of carbonyl (C=O) groups excluding carboxylic acids is 2. The third kappa shape index (κ3) is 4.17. The van der Waals surface area contributed by atoms with Crippen molar-refractivity contribution in [2.45, 2.75) is 36.5 Å². The summed E-state index contributed by atoms with van der Waals surface area (Å²) >= 11 is 7.70. The van der Waals surface area contributed by atoms with E-state index in [-0.39, 0.29) is 23.2 Å². The predicted octanol–water partition coefficient (Wildman–Crippen LogP) is 4.56. The molecule has 1 atom stereocenters. The number of anilines is 1. The van der Waals surface area contributed by atoms with Crippen LogP contribution in [0.4, 0.5) is 5.69 Å². The number of hydrogen-bond donors (Lipinski definition) is 1. The number of thioether (sulfide) groups is 1. The van der Waals surface area contributed by atoms with Crippen molar-refractivity contribution in [1.29, 1.82) is 0 Å². The highest BCUT2D eigenvalue weighted by Gasteiger charge is 2.28. The highest BCUT2D eigenvalue weighted by atomic mass is 35.5. The van der Waals surface area contributed by atoms with E-state index in [0.29, 0.717) is 17.0 Å². The first-order valence-corrected chi connectivity index (χ1v) is 9.26. The number of carbonyl (C=O) groups is 2. The van der Waals surface area contributed by atoms with Crippen LogP contribution in [0.5, 0.6) is 0 Å². The Balaban J connectivity index is 1.71. The molecule has 4 nitrogen and oxygen atoms in total. The molecule has 25 heavy (non-hydrogen) atoms. The Morgan fingerprint density at radius 3 is 2.64 bits per heavy atom. The second kappa shape index (κ2) is 7.50. The molecule has 0 radical (unpaired) electrons. The van der Waals surface area contributed by atoms with Crippen molar-refractivity contribution in [2.75, 3.05) is 5.32 Å². The molecule has 1 amide bonds. The van der Waals surface area contributed by atoms with E-state index in [9.17, 15) is 9.59 Å². The molecule has 6 heteroatoms. The van der Waals surface area contributed by atoms with Gasteiger partial charge in [-0.05, 0) is 50.1 Å². The number of nitrogens with one attached hydrogen (secondary N) is 1. The van der Waals surface area contributed by atoms with Gasteiger partial charge in [-0.3, -0.25) is 4.79 Å². The fraction of sp³-hybridized carbons (Fsp3) is 0.263. The van der Waals surface area contributed by atoms with Crippen molar-refractivity contribution in [1.82, 2.24) is 0 Å². The van der Waals surface area contributed by atoms with Crippen LogP contribution in [0.25, 0.3) is 0 Å². The van der Waals surface area contributed by atoms with Gasteiger partial charge in [-0.2, -0.15) is 0 Å². The van der Waals surface area contributed by atoms with Gasteiger partial charge in [-0.25, -0.2) is 4.79 Å². The van der Waals surface area contributed by atoms with Crippen molar-refractivity contribution in [3.05, 3.63) is 58.6 Å². The van der Waals surface area contributed by atoms with Gasteiger partial charge in [0.1, 0.15) is 0 Å². The van der Waals surface area contributed by atoms with Crippen molar-refractivity contribution in [2.24, 2.45) is 0 Å². The van der Waals surface area contributed by atoms with Gasteiger partial charge in [-0.1, -0.05) is 29.8 Å². The zero-order valence-corrected chi connectivity index (χ0v) is 15.5. The third-order valence-electron chi connectivity index (χ3n) is 3.73. The number of ether oxygens (including phenoxy) is 1.